The molecule has 134 valence electrons. The van der Waals surface area contributed by atoms with Gasteiger partial charge in [0.1, 0.15) is 0 Å². The van der Waals surface area contributed by atoms with Crippen LogP contribution in [-0.4, -0.2) is 41.9 Å². The molecule has 24 heavy (non-hydrogen) atoms. The number of benzene rings is 1. The summed E-state index contributed by atoms with van der Waals surface area (Å²) >= 11 is 0. The van der Waals surface area contributed by atoms with E-state index in [2.05, 4.69) is 43.2 Å². The van der Waals surface area contributed by atoms with Gasteiger partial charge in [0, 0.05) is 49.9 Å². The summed E-state index contributed by atoms with van der Waals surface area (Å²) in [5.74, 6) is -0.348. The van der Waals surface area contributed by atoms with E-state index in [0.29, 0.717) is 43.0 Å². The van der Waals surface area contributed by atoms with Crippen LogP contribution < -0.4 is 16.4 Å². The van der Waals surface area contributed by atoms with Crippen molar-refractivity contribution in [1.29, 1.82) is 0 Å². The summed E-state index contributed by atoms with van der Waals surface area (Å²) < 4.78 is 0. The molecule has 0 fully saturated rings. The molecular formula is C18H30N4O2. The largest absolute Gasteiger partial charge is 0.351 e. The average molecular weight is 334 g/mol. The molecule has 0 aliphatic heterocycles. The Balaban J connectivity index is 3.10. The zero-order valence-electron chi connectivity index (χ0n) is 15.3. The predicted octanol–water partition coefficient (Wildman–Crippen LogP) is 1.95. The fourth-order valence-electron chi connectivity index (χ4n) is 2.61. The molecule has 0 aromatic heterocycles. The van der Waals surface area contributed by atoms with Crippen LogP contribution in [0.5, 0.6) is 0 Å². The summed E-state index contributed by atoms with van der Waals surface area (Å²) in [6, 6.07) is 6.16. The van der Waals surface area contributed by atoms with Gasteiger partial charge in [-0.3, -0.25) is 14.5 Å². The maximum Gasteiger partial charge on any atom is 0.251 e. The van der Waals surface area contributed by atoms with Crippen molar-refractivity contribution in [3.05, 3.63) is 29.3 Å². The number of nitrogens with two attached hydrogens (primary N) is 1. The van der Waals surface area contributed by atoms with E-state index in [-0.39, 0.29) is 11.8 Å². The first-order valence-electron chi connectivity index (χ1n) is 8.40. The fraction of sp³-hybridized carbons (Fsp3) is 0.556. The van der Waals surface area contributed by atoms with Gasteiger partial charge < -0.3 is 16.4 Å². The van der Waals surface area contributed by atoms with E-state index < -0.39 is 0 Å². The lowest BCUT2D eigenvalue weighted by atomic mass is 10.1. The Morgan fingerprint density at radius 2 is 1.79 bits per heavy atom. The Kier molecular flexibility index (Phi) is 7.88. The Labute approximate surface area is 144 Å². The van der Waals surface area contributed by atoms with E-state index in [1.165, 1.54) is 6.92 Å². The van der Waals surface area contributed by atoms with Crippen LogP contribution in [0.3, 0.4) is 0 Å². The molecule has 4 N–H and O–H groups in total. The van der Waals surface area contributed by atoms with E-state index in [4.69, 9.17) is 5.73 Å². The molecule has 0 bridgehead atoms. The number of nitrogens with one attached hydrogen (secondary N) is 2. The highest BCUT2D eigenvalue weighted by atomic mass is 16.2. The van der Waals surface area contributed by atoms with Crippen molar-refractivity contribution in [3.8, 4) is 0 Å². The highest BCUT2D eigenvalue weighted by Crippen LogP contribution is 2.22. The third kappa shape index (κ3) is 5.94. The minimum atomic E-state index is -0.192. The first kappa shape index (κ1) is 20.1. The van der Waals surface area contributed by atoms with Gasteiger partial charge in [-0.1, -0.05) is 6.07 Å². The topological polar surface area (TPSA) is 87.5 Å². The van der Waals surface area contributed by atoms with Crippen molar-refractivity contribution in [2.75, 3.05) is 18.4 Å². The van der Waals surface area contributed by atoms with Crippen molar-refractivity contribution < 1.29 is 9.59 Å². The molecule has 0 saturated heterocycles. The molecule has 0 radical (unpaired) electrons. The summed E-state index contributed by atoms with van der Waals surface area (Å²) in [6.45, 7) is 11.6. The van der Waals surface area contributed by atoms with Gasteiger partial charge in [-0.2, -0.15) is 0 Å². The van der Waals surface area contributed by atoms with Crippen LogP contribution in [0.2, 0.25) is 0 Å². The standard InChI is InChI=1S/C18H30N4O2/c1-12(2)22(13(3)4)11-16-7-6-15(18(24)20-9-8-19)10-17(16)21-14(5)23/h6-7,10,12-13H,8-9,11,19H2,1-5H3,(H,20,24)(H,21,23). The second-order valence-electron chi connectivity index (χ2n) is 6.46. The molecule has 2 amide bonds. The quantitative estimate of drug-likeness (QED) is 0.678. The van der Waals surface area contributed by atoms with Gasteiger partial charge in [0.25, 0.3) is 5.91 Å². The first-order chi connectivity index (χ1) is 11.3. The second-order valence-corrected chi connectivity index (χ2v) is 6.46. The van der Waals surface area contributed by atoms with Crippen molar-refractivity contribution >= 4 is 17.5 Å². The van der Waals surface area contributed by atoms with Crippen LogP contribution in [0.1, 0.15) is 50.5 Å². The van der Waals surface area contributed by atoms with Crippen molar-refractivity contribution in [1.82, 2.24) is 10.2 Å². The molecule has 0 unspecified atom stereocenters. The average Bonchev–Trinajstić information content (AvgIpc) is 2.49. The van der Waals surface area contributed by atoms with Crippen molar-refractivity contribution in [3.63, 3.8) is 0 Å². The van der Waals surface area contributed by atoms with Gasteiger partial charge in [-0.25, -0.2) is 0 Å². The van der Waals surface area contributed by atoms with E-state index in [0.717, 1.165) is 5.56 Å². The number of rotatable bonds is 8. The lowest BCUT2D eigenvalue weighted by molar-refractivity contribution is -0.114. The SMILES string of the molecule is CC(=O)Nc1cc(C(=O)NCCN)ccc1CN(C(C)C)C(C)C. The number of amides is 2. The minimum Gasteiger partial charge on any atom is -0.351 e. The summed E-state index contributed by atoms with van der Waals surface area (Å²) in [4.78, 5) is 26.0. The number of carbonyl (C=O) groups excluding carboxylic acids is 2. The fourth-order valence-corrected chi connectivity index (χ4v) is 2.61. The van der Waals surface area contributed by atoms with Gasteiger partial charge >= 0.3 is 0 Å². The van der Waals surface area contributed by atoms with Crippen LogP contribution in [0.15, 0.2) is 18.2 Å². The molecular weight excluding hydrogens is 304 g/mol. The van der Waals surface area contributed by atoms with Gasteiger partial charge in [-0.15, -0.1) is 0 Å². The number of hydrogen-bond acceptors (Lipinski definition) is 4. The van der Waals surface area contributed by atoms with Crippen LogP contribution in [0.25, 0.3) is 0 Å². The summed E-state index contributed by atoms with van der Waals surface area (Å²) in [5, 5.41) is 5.58. The van der Waals surface area contributed by atoms with Crippen molar-refractivity contribution in [2.24, 2.45) is 5.73 Å². The highest BCUT2D eigenvalue weighted by Gasteiger charge is 2.17. The molecule has 6 nitrogen and oxygen atoms in total. The molecule has 1 rings (SSSR count). The second kappa shape index (κ2) is 9.39. The van der Waals surface area contributed by atoms with E-state index in [1.54, 1.807) is 12.1 Å². The maximum atomic E-state index is 12.1. The molecule has 0 heterocycles. The first-order valence-corrected chi connectivity index (χ1v) is 8.40. The molecule has 0 saturated carbocycles. The zero-order chi connectivity index (χ0) is 18.3. The van der Waals surface area contributed by atoms with E-state index in [1.807, 2.05) is 6.07 Å². The van der Waals surface area contributed by atoms with Gasteiger partial charge in [0.15, 0.2) is 0 Å². The number of nitrogens with zero attached hydrogens (tertiary/aromatic N) is 1. The minimum absolute atomic E-state index is 0.156. The Morgan fingerprint density at radius 1 is 1.17 bits per heavy atom. The summed E-state index contributed by atoms with van der Waals surface area (Å²) in [6.07, 6.45) is 0. The van der Waals surface area contributed by atoms with Crippen LogP contribution in [0.4, 0.5) is 5.69 Å². The lowest BCUT2D eigenvalue weighted by Crippen LogP contribution is -2.36. The number of hydrogen-bond donors (Lipinski definition) is 3. The van der Waals surface area contributed by atoms with Gasteiger partial charge in [0.05, 0.1) is 0 Å². The third-order valence-corrected chi connectivity index (χ3v) is 3.79. The Morgan fingerprint density at radius 3 is 2.29 bits per heavy atom. The number of anilines is 1. The molecule has 0 aliphatic carbocycles. The highest BCUT2D eigenvalue weighted by molar-refractivity contribution is 5.97. The normalized spacial score (nSPS) is 11.2. The predicted molar refractivity (Wildman–Crippen MR) is 97.9 cm³/mol. The molecule has 0 aliphatic rings. The Bertz CT molecular complexity index is 562. The molecule has 0 atom stereocenters. The Hall–Kier alpha value is -1.92. The molecule has 1 aromatic carbocycles. The van der Waals surface area contributed by atoms with Crippen LogP contribution in [0, 0.1) is 0 Å². The van der Waals surface area contributed by atoms with Crippen LogP contribution in [-0.2, 0) is 11.3 Å². The van der Waals surface area contributed by atoms with E-state index >= 15 is 0 Å². The van der Waals surface area contributed by atoms with Crippen molar-refractivity contribution in [2.45, 2.75) is 53.2 Å². The lowest BCUT2D eigenvalue weighted by Gasteiger charge is -2.31. The summed E-state index contributed by atoms with van der Waals surface area (Å²) in [7, 11) is 0. The smallest absolute Gasteiger partial charge is 0.251 e. The molecule has 1 aromatic rings. The zero-order valence-corrected chi connectivity index (χ0v) is 15.3. The summed E-state index contributed by atoms with van der Waals surface area (Å²) in [5.41, 5.74) is 7.58. The van der Waals surface area contributed by atoms with E-state index in [9.17, 15) is 9.59 Å². The maximum absolute atomic E-state index is 12.1. The van der Waals surface area contributed by atoms with Crippen LogP contribution >= 0.6 is 0 Å². The van der Waals surface area contributed by atoms with Gasteiger partial charge in [-0.05, 0) is 45.4 Å². The number of carbonyl (C=O) groups is 2. The third-order valence-electron chi connectivity index (χ3n) is 3.79. The van der Waals surface area contributed by atoms with Gasteiger partial charge in [0.2, 0.25) is 5.91 Å². The molecule has 6 heteroatoms. The monoisotopic (exact) mass is 334 g/mol. The molecule has 0 spiro atoms.